The molecular weight excluding hydrogens is 180 g/mol. The number of ether oxygens (including phenoxy) is 2. The molecule has 13 heavy (non-hydrogen) atoms. The van der Waals surface area contributed by atoms with Crippen molar-refractivity contribution in [2.75, 3.05) is 33.0 Å². The fourth-order valence-electron chi connectivity index (χ4n) is 0.349. The molecule has 0 aromatic rings. The molecule has 0 aliphatic rings. The third kappa shape index (κ3) is 24.7. The van der Waals surface area contributed by atoms with Gasteiger partial charge < -0.3 is 29.6 Å². The van der Waals surface area contributed by atoms with Gasteiger partial charge in [-0.25, -0.2) is 0 Å². The van der Waals surface area contributed by atoms with Crippen molar-refractivity contribution in [2.24, 2.45) is 0 Å². The first-order valence-corrected chi connectivity index (χ1v) is 3.82. The Hall–Kier alpha value is -0.850. The topological polar surface area (TPSA) is 99.1 Å². The maximum absolute atomic E-state index is 9.27. The summed E-state index contributed by atoms with van der Waals surface area (Å²) in [6, 6.07) is 0. The summed E-state index contributed by atoms with van der Waals surface area (Å²) in [5, 5.41) is 25.4. The van der Waals surface area contributed by atoms with Crippen molar-refractivity contribution in [3.8, 4) is 0 Å². The number of hydrogen-bond donors (Lipinski definition) is 2. The van der Waals surface area contributed by atoms with Gasteiger partial charge in [-0.15, -0.1) is 0 Å². The largest absolute Gasteiger partial charge is 0.550 e. The van der Waals surface area contributed by atoms with Gasteiger partial charge in [-0.2, -0.15) is 0 Å². The number of carbonyl (C=O) groups is 1. The van der Waals surface area contributed by atoms with Gasteiger partial charge in [-0.1, -0.05) is 0 Å². The van der Waals surface area contributed by atoms with Gasteiger partial charge in [0.05, 0.1) is 26.4 Å². The highest BCUT2D eigenvalue weighted by molar-refractivity contribution is 5.53. The van der Waals surface area contributed by atoms with E-state index in [9.17, 15) is 9.90 Å². The number of hydrogen-bond acceptors (Lipinski definition) is 6. The molecule has 6 heteroatoms. The molecule has 0 spiro atoms. The molecule has 0 saturated heterocycles. The van der Waals surface area contributed by atoms with E-state index in [-0.39, 0.29) is 19.8 Å². The van der Waals surface area contributed by atoms with E-state index < -0.39 is 6.16 Å². The number of aliphatic hydroxyl groups is 2. The van der Waals surface area contributed by atoms with E-state index in [1.54, 1.807) is 6.92 Å². The number of carboxylic acid groups (broad SMARTS) is 1. The Kier molecular flexibility index (Phi) is 15.5. The summed E-state index contributed by atoms with van der Waals surface area (Å²) in [7, 11) is 0. The van der Waals surface area contributed by atoms with E-state index in [4.69, 9.17) is 10.2 Å². The van der Waals surface area contributed by atoms with Crippen LogP contribution in [0.4, 0.5) is 4.79 Å². The van der Waals surface area contributed by atoms with E-state index in [1.807, 2.05) is 0 Å². The molecule has 0 amide bonds. The standard InChI is InChI=1S/C4H10O3.C3H6O3/c5-1-3-7-4-2-6;1-2-6-3(4)5/h5-6H,1-4H2;2H2,1H3,(H,4,5)/p-1. The van der Waals surface area contributed by atoms with Crippen LogP contribution < -0.4 is 5.11 Å². The minimum atomic E-state index is -1.46. The van der Waals surface area contributed by atoms with Gasteiger partial charge in [0.25, 0.3) is 6.16 Å². The predicted octanol–water partition coefficient (Wildman–Crippen LogP) is -1.65. The highest BCUT2D eigenvalue weighted by Gasteiger charge is 1.79. The van der Waals surface area contributed by atoms with Crippen LogP contribution in [0.15, 0.2) is 0 Å². The fraction of sp³-hybridized carbons (Fsp3) is 0.857. The molecule has 2 N–H and O–H groups in total. The highest BCUT2D eigenvalue weighted by atomic mass is 16.7. The molecule has 0 radical (unpaired) electrons. The summed E-state index contributed by atoms with van der Waals surface area (Å²) in [6.45, 7) is 2.44. The Labute approximate surface area is 76.7 Å². The van der Waals surface area contributed by atoms with Crippen molar-refractivity contribution >= 4 is 6.16 Å². The normalized spacial score (nSPS) is 8.54. The lowest BCUT2D eigenvalue weighted by atomic mass is 10.7. The molecule has 0 heterocycles. The lowest BCUT2D eigenvalue weighted by molar-refractivity contribution is -0.282. The predicted molar refractivity (Wildman–Crippen MR) is 42.0 cm³/mol. The SMILES string of the molecule is CCOC(=O)[O-].OCCOCCO. The van der Waals surface area contributed by atoms with E-state index in [2.05, 4.69) is 9.47 Å². The second kappa shape index (κ2) is 13.7. The Morgan fingerprint density at radius 3 is 1.92 bits per heavy atom. The molecule has 0 aliphatic heterocycles. The quantitative estimate of drug-likeness (QED) is 0.403. The zero-order valence-corrected chi connectivity index (χ0v) is 7.56. The molecule has 0 bridgehead atoms. The van der Waals surface area contributed by atoms with E-state index in [1.165, 1.54) is 0 Å². The molecule has 0 fully saturated rings. The van der Waals surface area contributed by atoms with Crippen molar-refractivity contribution in [1.29, 1.82) is 0 Å². The second-order valence-corrected chi connectivity index (χ2v) is 1.74. The van der Waals surface area contributed by atoms with Crippen LogP contribution in [-0.4, -0.2) is 49.4 Å². The molecule has 0 rings (SSSR count). The van der Waals surface area contributed by atoms with Crippen molar-refractivity contribution in [1.82, 2.24) is 0 Å². The molecule has 0 aromatic carbocycles. The van der Waals surface area contributed by atoms with E-state index >= 15 is 0 Å². The smallest absolute Gasteiger partial charge is 0.251 e. The molecule has 80 valence electrons. The summed E-state index contributed by atoms with van der Waals surface area (Å²) >= 11 is 0. The van der Waals surface area contributed by atoms with Gasteiger partial charge in [0.1, 0.15) is 0 Å². The molecule has 0 aromatic heterocycles. The average Bonchev–Trinajstić information content (AvgIpc) is 2.06. The summed E-state index contributed by atoms with van der Waals surface area (Å²) in [5.74, 6) is 0. The monoisotopic (exact) mass is 195 g/mol. The van der Waals surface area contributed by atoms with Crippen LogP contribution in [0, 0.1) is 0 Å². The Morgan fingerprint density at radius 2 is 1.77 bits per heavy atom. The van der Waals surface area contributed by atoms with Crippen LogP contribution in [0.25, 0.3) is 0 Å². The van der Waals surface area contributed by atoms with Crippen LogP contribution in [0.3, 0.4) is 0 Å². The first kappa shape index (κ1) is 14.7. The van der Waals surface area contributed by atoms with E-state index in [0.29, 0.717) is 13.2 Å². The van der Waals surface area contributed by atoms with Crippen LogP contribution in [-0.2, 0) is 9.47 Å². The van der Waals surface area contributed by atoms with Gasteiger partial charge >= 0.3 is 0 Å². The third-order valence-electron chi connectivity index (χ3n) is 0.733. The summed E-state index contributed by atoms with van der Waals surface area (Å²) in [6.07, 6.45) is -1.46. The van der Waals surface area contributed by atoms with Crippen LogP contribution in [0.5, 0.6) is 0 Å². The summed E-state index contributed by atoms with van der Waals surface area (Å²) in [4.78, 5) is 9.27. The van der Waals surface area contributed by atoms with Crippen molar-refractivity contribution in [2.45, 2.75) is 6.92 Å². The lowest BCUT2D eigenvalue weighted by Crippen LogP contribution is -2.23. The molecule has 0 aliphatic carbocycles. The second-order valence-electron chi connectivity index (χ2n) is 1.74. The molecule has 6 nitrogen and oxygen atoms in total. The highest BCUT2D eigenvalue weighted by Crippen LogP contribution is 1.68. The van der Waals surface area contributed by atoms with Crippen LogP contribution in [0.1, 0.15) is 6.92 Å². The first-order valence-electron chi connectivity index (χ1n) is 3.82. The maximum atomic E-state index is 9.27. The minimum Gasteiger partial charge on any atom is -0.550 e. The molecule has 0 unspecified atom stereocenters. The van der Waals surface area contributed by atoms with Gasteiger partial charge in [-0.05, 0) is 6.92 Å². The average molecular weight is 195 g/mol. The molecule has 0 saturated carbocycles. The van der Waals surface area contributed by atoms with E-state index in [0.717, 1.165) is 0 Å². The number of aliphatic hydroxyl groups excluding tert-OH is 2. The van der Waals surface area contributed by atoms with Crippen LogP contribution in [0.2, 0.25) is 0 Å². The van der Waals surface area contributed by atoms with Crippen molar-refractivity contribution < 1.29 is 29.6 Å². The zero-order valence-electron chi connectivity index (χ0n) is 7.56. The Morgan fingerprint density at radius 1 is 1.31 bits per heavy atom. The first-order chi connectivity index (χ1) is 6.18. The number of carbonyl (C=O) groups excluding carboxylic acids is 1. The number of rotatable bonds is 5. The fourth-order valence-corrected chi connectivity index (χ4v) is 0.349. The summed E-state index contributed by atoms with van der Waals surface area (Å²) in [5.41, 5.74) is 0. The van der Waals surface area contributed by atoms with Crippen molar-refractivity contribution in [3.05, 3.63) is 0 Å². The van der Waals surface area contributed by atoms with Gasteiger partial charge in [-0.3, -0.25) is 0 Å². The lowest BCUT2D eigenvalue weighted by Gasteiger charge is -1.99. The third-order valence-corrected chi connectivity index (χ3v) is 0.733. The summed E-state index contributed by atoms with van der Waals surface area (Å²) < 4.78 is 8.48. The molecular formula is C7H15O6-. The van der Waals surface area contributed by atoms with Crippen molar-refractivity contribution in [3.63, 3.8) is 0 Å². The molecule has 0 atom stereocenters. The van der Waals surface area contributed by atoms with Gasteiger partial charge in [0.15, 0.2) is 0 Å². The minimum absolute atomic E-state index is 0.0278. The Balaban J connectivity index is 0. The Bertz CT molecular complexity index is 101. The maximum Gasteiger partial charge on any atom is 0.251 e. The zero-order chi connectivity index (χ0) is 10.5. The van der Waals surface area contributed by atoms with Crippen LogP contribution >= 0.6 is 0 Å². The van der Waals surface area contributed by atoms with Gasteiger partial charge in [0.2, 0.25) is 0 Å². The van der Waals surface area contributed by atoms with Gasteiger partial charge in [0, 0.05) is 6.61 Å².